The van der Waals surface area contributed by atoms with E-state index in [2.05, 4.69) is 10.3 Å². The van der Waals surface area contributed by atoms with E-state index in [1.54, 1.807) is 19.1 Å². The van der Waals surface area contributed by atoms with E-state index in [9.17, 15) is 13.2 Å². The summed E-state index contributed by atoms with van der Waals surface area (Å²) in [6, 6.07) is 11.1. The Bertz CT molecular complexity index is 967. The van der Waals surface area contributed by atoms with Crippen LogP contribution in [0.4, 0.5) is 0 Å². The van der Waals surface area contributed by atoms with Crippen molar-refractivity contribution in [3.05, 3.63) is 59.2 Å². The van der Waals surface area contributed by atoms with Crippen LogP contribution in [0.2, 0.25) is 0 Å². The van der Waals surface area contributed by atoms with Gasteiger partial charge in [-0.15, -0.1) is 0 Å². The van der Waals surface area contributed by atoms with E-state index >= 15 is 0 Å². The van der Waals surface area contributed by atoms with E-state index in [-0.39, 0.29) is 16.6 Å². The predicted octanol–water partition coefficient (Wildman–Crippen LogP) is 2.90. The second kappa shape index (κ2) is 7.51. The Balaban J connectivity index is 1.74. The monoisotopic (exact) mass is 390 g/mol. The molecule has 1 N–H and O–H groups in total. The van der Waals surface area contributed by atoms with Gasteiger partial charge in [0.15, 0.2) is 5.17 Å². The van der Waals surface area contributed by atoms with Crippen molar-refractivity contribution in [3.8, 4) is 5.75 Å². The molecule has 6 nitrogen and oxygen atoms in total. The summed E-state index contributed by atoms with van der Waals surface area (Å²) in [6.07, 6.45) is 0. The quantitative estimate of drug-likeness (QED) is 0.812. The third-order valence-electron chi connectivity index (χ3n) is 3.74. The summed E-state index contributed by atoms with van der Waals surface area (Å²) in [7, 11) is -3.94. The number of aliphatic imine (C=N–C) groups is 1. The number of benzene rings is 2. The van der Waals surface area contributed by atoms with Gasteiger partial charge in [-0.3, -0.25) is 9.79 Å². The first-order valence-corrected chi connectivity index (χ1v) is 10.3. The lowest BCUT2D eigenvalue weighted by atomic mass is 10.2. The molecule has 2 aromatic carbocycles. The minimum absolute atomic E-state index is 0.135. The second-order valence-electron chi connectivity index (χ2n) is 5.82. The first-order valence-electron chi connectivity index (χ1n) is 7.95. The zero-order valence-electron chi connectivity index (χ0n) is 14.4. The summed E-state index contributed by atoms with van der Waals surface area (Å²) in [4.78, 5) is 16.4. The van der Waals surface area contributed by atoms with Crippen LogP contribution in [-0.4, -0.2) is 31.8 Å². The smallest absolute Gasteiger partial charge is 0.339 e. The number of hydrogen-bond acceptors (Lipinski definition) is 6. The summed E-state index contributed by atoms with van der Waals surface area (Å²) >= 11 is 1.49. The van der Waals surface area contributed by atoms with Crippen LogP contribution in [0.25, 0.3) is 0 Å². The summed E-state index contributed by atoms with van der Waals surface area (Å²) < 4.78 is 30.2. The van der Waals surface area contributed by atoms with E-state index in [0.29, 0.717) is 22.8 Å². The highest BCUT2D eigenvalue weighted by molar-refractivity contribution is 8.14. The van der Waals surface area contributed by atoms with E-state index in [4.69, 9.17) is 4.18 Å². The fourth-order valence-corrected chi connectivity index (χ4v) is 4.36. The van der Waals surface area contributed by atoms with Gasteiger partial charge < -0.3 is 9.50 Å². The van der Waals surface area contributed by atoms with E-state index < -0.39 is 10.1 Å². The molecule has 8 heteroatoms. The van der Waals surface area contributed by atoms with E-state index in [1.807, 2.05) is 13.0 Å². The number of carbonyl (C=O) groups excluding carboxylic acids is 1. The molecule has 0 fully saturated rings. The van der Waals surface area contributed by atoms with Crippen molar-refractivity contribution < 1.29 is 17.4 Å². The predicted molar refractivity (Wildman–Crippen MR) is 102 cm³/mol. The lowest BCUT2D eigenvalue weighted by Crippen LogP contribution is -2.27. The maximum Gasteiger partial charge on any atom is 0.339 e. The largest absolute Gasteiger partial charge is 0.379 e. The summed E-state index contributed by atoms with van der Waals surface area (Å²) in [5, 5.41) is 3.32. The van der Waals surface area contributed by atoms with E-state index in [1.165, 1.54) is 36.0 Å². The molecule has 26 heavy (non-hydrogen) atoms. The van der Waals surface area contributed by atoms with Crippen molar-refractivity contribution in [1.29, 1.82) is 0 Å². The van der Waals surface area contributed by atoms with Gasteiger partial charge in [0, 0.05) is 11.3 Å². The fourth-order valence-electron chi connectivity index (χ4n) is 2.39. The molecular formula is C18H18N2O4S2. The SMILES string of the molecule is Cc1ccc(C)c(S(=O)(=O)Oc2ccc(C(=O)NC3=NCCS3)cc2)c1. The number of amidine groups is 1. The second-order valence-corrected chi connectivity index (χ2v) is 8.42. The molecule has 1 aliphatic rings. The van der Waals surface area contributed by atoms with Crippen molar-refractivity contribution >= 4 is 33.0 Å². The Kier molecular flexibility index (Phi) is 5.33. The Labute approximate surface area is 156 Å². The first kappa shape index (κ1) is 18.5. The molecule has 1 aliphatic heterocycles. The number of aryl methyl sites for hydroxylation is 2. The maximum atomic E-state index is 12.5. The summed E-state index contributed by atoms with van der Waals surface area (Å²) in [6.45, 7) is 4.23. The highest BCUT2D eigenvalue weighted by atomic mass is 32.2. The molecule has 0 aliphatic carbocycles. The van der Waals surface area contributed by atoms with Crippen molar-refractivity contribution in [2.75, 3.05) is 12.3 Å². The molecule has 0 atom stereocenters. The Hall–Kier alpha value is -2.32. The molecule has 0 saturated heterocycles. The molecule has 1 amide bonds. The Morgan fingerprint density at radius 1 is 1.15 bits per heavy atom. The summed E-state index contributed by atoms with van der Waals surface area (Å²) in [5.41, 5.74) is 1.84. The van der Waals surface area contributed by atoms with Gasteiger partial charge in [0.25, 0.3) is 5.91 Å². The molecule has 0 spiro atoms. The van der Waals surface area contributed by atoms with Crippen LogP contribution in [0.3, 0.4) is 0 Å². The molecular weight excluding hydrogens is 372 g/mol. The third-order valence-corrected chi connectivity index (χ3v) is 6.02. The van der Waals surface area contributed by atoms with E-state index in [0.717, 1.165) is 11.3 Å². The molecule has 0 aromatic heterocycles. The van der Waals surface area contributed by atoms with Crippen molar-refractivity contribution in [1.82, 2.24) is 5.32 Å². The number of nitrogens with one attached hydrogen (secondary N) is 1. The van der Waals surface area contributed by atoms with Crippen LogP contribution in [0.5, 0.6) is 5.75 Å². The van der Waals surface area contributed by atoms with Crippen LogP contribution in [0.1, 0.15) is 21.5 Å². The standard InChI is InChI=1S/C18H18N2O4S2/c1-12-3-4-13(2)16(11-12)26(22,23)24-15-7-5-14(6-8-15)17(21)20-18-19-9-10-25-18/h3-8,11H,9-10H2,1-2H3,(H,19,20,21). The molecule has 136 valence electrons. The lowest BCUT2D eigenvalue weighted by Gasteiger charge is -2.10. The molecule has 2 aromatic rings. The van der Waals surface area contributed by atoms with Crippen LogP contribution in [-0.2, 0) is 10.1 Å². The first-order chi connectivity index (χ1) is 12.3. The van der Waals surface area contributed by atoms with Crippen LogP contribution in [0, 0.1) is 13.8 Å². The van der Waals surface area contributed by atoms with Gasteiger partial charge in [0.1, 0.15) is 10.6 Å². The Morgan fingerprint density at radius 2 is 1.88 bits per heavy atom. The topological polar surface area (TPSA) is 84.8 Å². The molecule has 0 radical (unpaired) electrons. The van der Waals surface area contributed by atoms with Crippen molar-refractivity contribution in [2.24, 2.45) is 4.99 Å². The third kappa shape index (κ3) is 4.25. The molecule has 0 unspecified atom stereocenters. The fraction of sp³-hybridized carbons (Fsp3) is 0.222. The molecule has 0 bridgehead atoms. The number of carbonyl (C=O) groups is 1. The van der Waals surface area contributed by atoms with Gasteiger partial charge >= 0.3 is 10.1 Å². The zero-order chi connectivity index (χ0) is 18.7. The zero-order valence-corrected chi connectivity index (χ0v) is 16.0. The van der Waals surface area contributed by atoms with Gasteiger partial charge in [-0.1, -0.05) is 23.9 Å². The molecule has 3 rings (SSSR count). The van der Waals surface area contributed by atoms with Gasteiger partial charge in [0.05, 0.1) is 6.54 Å². The number of amides is 1. The minimum Gasteiger partial charge on any atom is -0.379 e. The highest BCUT2D eigenvalue weighted by Gasteiger charge is 2.20. The highest BCUT2D eigenvalue weighted by Crippen LogP contribution is 2.23. The maximum absolute atomic E-state index is 12.5. The average Bonchev–Trinajstić information content (AvgIpc) is 3.10. The number of nitrogens with zero attached hydrogens (tertiary/aromatic N) is 1. The lowest BCUT2D eigenvalue weighted by molar-refractivity contribution is 0.0978. The molecule has 0 saturated carbocycles. The summed E-state index contributed by atoms with van der Waals surface area (Å²) in [5.74, 6) is 0.718. The van der Waals surface area contributed by atoms with Gasteiger partial charge in [-0.05, 0) is 55.3 Å². The number of hydrogen-bond donors (Lipinski definition) is 1. The van der Waals surface area contributed by atoms with Crippen LogP contribution in [0.15, 0.2) is 52.4 Å². The van der Waals surface area contributed by atoms with Crippen molar-refractivity contribution in [3.63, 3.8) is 0 Å². The average molecular weight is 390 g/mol. The van der Waals surface area contributed by atoms with Gasteiger partial charge in [0.2, 0.25) is 0 Å². The Morgan fingerprint density at radius 3 is 2.54 bits per heavy atom. The van der Waals surface area contributed by atoms with Crippen LogP contribution < -0.4 is 9.50 Å². The van der Waals surface area contributed by atoms with Crippen LogP contribution >= 0.6 is 11.8 Å². The molecule has 1 heterocycles. The van der Waals surface area contributed by atoms with Crippen molar-refractivity contribution in [2.45, 2.75) is 18.7 Å². The number of rotatable bonds is 4. The van der Waals surface area contributed by atoms with Gasteiger partial charge in [-0.25, -0.2) is 0 Å². The number of thioether (sulfide) groups is 1. The van der Waals surface area contributed by atoms with Gasteiger partial charge in [-0.2, -0.15) is 8.42 Å². The normalized spacial score (nSPS) is 14.0. The minimum atomic E-state index is -3.94.